The molecule has 1 heterocycles. The fourth-order valence-corrected chi connectivity index (χ4v) is 2.26. The second-order valence-corrected chi connectivity index (χ2v) is 5.16. The van der Waals surface area contributed by atoms with E-state index in [1.165, 1.54) is 22.2 Å². The highest BCUT2D eigenvalue weighted by Crippen LogP contribution is 2.30. The van der Waals surface area contributed by atoms with Crippen LogP contribution < -0.4 is 5.32 Å². The van der Waals surface area contributed by atoms with E-state index < -0.39 is 0 Å². The van der Waals surface area contributed by atoms with Gasteiger partial charge in [-0.1, -0.05) is 19.9 Å². The third kappa shape index (κ3) is 2.20. The highest BCUT2D eigenvalue weighted by molar-refractivity contribution is 5.93. The molecule has 1 N–H and O–H groups in total. The minimum Gasteiger partial charge on any atom is -0.385 e. The molecule has 0 aliphatic heterocycles. The van der Waals surface area contributed by atoms with E-state index in [0.717, 1.165) is 17.8 Å². The number of hydrogen-bond acceptors (Lipinski definition) is 2. The van der Waals surface area contributed by atoms with Gasteiger partial charge in [0.25, 0.3) is 0 Å². The van der Waals surface area contributed by atoms with Crippen LogP contribution in [0.2, 0.25) is 0 Å². The Balaban J connectivity index is 2.73. The van der Waals surface area contributed by atoms with E-state index in [4.69, 9.17) is 0 Å². The number of hydrogen-bond donors (Lipinski definition) is 1. The Kier molecular flexibility index (Phi) is 3.55. The summed E-state index contributed by atoms with van der Waals surface area (Å²) in [5.41, 5.74) is 6.05. The minimum atomic E-state index is 0.547. The maximum absolute atomic E-state index is 4.68. The predicted octanol–water partition coefficient (Wildman–Crippen LogP) is 4.41. The second kappa shape index (κ2) is 4.97. The number of aromatic nitrogens is 1. The summed E-state index contributed by atoms with van der Waals surface area (Å²) in [5.74, 6) is 0.547. The summed E-state index contributed by atoms with van der Waals surface area (Å²) in [5, 5.41) is 4.73. The molecule has 1 aromatic heterocycles. The van der Waals surface area contributed by atoms with Crippen LogP contribution in [0.5, 0.6) is 0 Å². The van der Waals surface area contributed by atoms with E-state index in [0.29, 0.717) is 5.92 Å². The van der Waals surface area contributed by atoms with Gasteiger partial charge < -0.3 is 5.32 Å². The van der Waals surface area contributed by atoms with Crippen LogP contribution in [0.3, 0.4) is 0 Å². The monoisotopic (exact) mass is 242 g/mol. The second-order valence-electron chi connectivity index (χ2n) is 5.16. The molecule has 0 aliphatic carbocycles. The summed E-state index contributed by atoms with van der Waals surface area (Å²) in [4.78, 5) is 4.68. The van der Waals surface area contributed by atoms with E-state index in [-0.39, 0.29) is 0 Å². The highest BCUT2D eigenvalue weighted by Gasteiger charge is 2.10. The van der Waals surface area contributed by atoms with Gasteiger partial charge in [-0.3, -0.25) is 4.98 Å². The number of aryl methyl sites for hydroxylation is 1. The van der Waals surface area contributed by atoms with Crippen LogP contribution in [-0.2, 0) is 0 Å². The first-order valence-electron chi connectivity index (χ1n) is 6.69. The van der Waals surface area contributed by atoms with Crippen LogP contribution in [0.25, 0.3) is 10.9 Å². The van der Waals surface area contributed by atoms with E-state index in [2.05, 4.69) is 63.1 Å². The fourth-order valence-electron chi connectivity index (χ4n) is 2.26. The predicted molar refractivity (Wildman–Crippen MR) is 79.5 cm³/mol. The van der Waals surface area contributed by atoms with Gasteiger partial charge in [-0.2, -0.15) is 0 Å². The smallest absolute Gasteiger partial charge is 0.0726 e. The third-order valence-corrected chi connectivity index (χ3v) is 3.52. The van der Waals surface area contributed by atoms with E-state index in [1.807, 2.05) is 0 Å². The Morgan fingerprint density at radius 1 is 1.22 bits per heavy atom. The van der Waals surface area contributed by atoms with Gasteiger partial charge in [0.2, 0.25) is 0 Å². The summed E-state index contributed by atoms with van der Waals surface area (Å²) in [6.07, 6.45) is 0. The SMILES string of the molecule is CCNc1c(C)c(C)nc2ccc(C(C)C)cc12. The number of nitrogens with one attached hydrogen (secondary N) is 1. The molecule has 0 aliphatic rings. The molecule has 0 bridgehead atoms. The molecule has 2 aromatic rings. The first kappa shape index (κ1) is 12.9. The van der Waals surface area contributed by atoms with Gasteiger partial charge in [0.15, 0.2) is 0 Å². The van der Waals surface area contributed by atoms with Gasteiger partial charge in [-0.25, -0.2) is 0 Å². The Morgan fingerprint density at radius 3 is 2.56 bits per heavy atom. The number of benzene rings is 1. The van der Waals surface area contributed by atoms with Crippen LogP contribution in [-0.4, -0.2) is 11.5 Å². The zero-order valence-corrected chi connectivity index (χ0v) is 12.0. The van der Waals surface area contributed by atoms with Crippen molar-refractivity contribution in [2.24, 2.45) is 0 Å². The van der Waals surface area contributed by atoms with Crippen LogP contribution >= 0.6 is 0 Å². The van der Waals surface area contributed by atoms with Crippen LogP contribution in [0.1, 0.15) is 43.5 Å². The van der Waals surface area contributed by atoms with Crippen molar-refractivity contribution >= 4 is 16.6 Å². The van der Waals surface area contributed by atoms with Crippen molar-refractivity contribution in [3.8, 4) is 0 Å². The van der Waals surface area contributed by atoms with Gasteiger partial charge in [0.1, 0.15) is 0 Å². The maximum Gasteiger partial charge on any atom is 0.0726 e. The standard InChI is InChI=1S/C16H22N2/c1-6-17-16-11(4)12(5)18-15-8-7-13(10(2)3)9-14(15)16/h7-10H,6H2,1-5H3,(H,17,18). The summed E-state index contributed by atoms with van der Waals surface area (Å²) < 4.78 is 0. The average Bonchev–Trinajstić information content (AvgIpc) is 2.34. The van der Waals surface area contributed by atoms with Gasteiger partial charge >= 0.3 is 0 Å². The quantitative estimate of drug-likeness (QED) is 0.862. The van der Waals surface area contributed by atoms with Crippen molar-refractivity contribution < 1.29 is 0 Å². The van der Waals surface area contributed by atoms with Crippen molar-refractivity contribution in [1.82, 2.24) is 4.98 Å². The molecule has 0 amide bonds. The fraction of sp³-hybridized carbons (Fsp3) is 0.438. The lowest BCUT2D eigenvalue weighted by atomic mass is 9.99. The van der Waals surface area contributed by atoms with Crippen molar-refractivity contribution in [3.05, 3.63) is 35.0 Å². The summed E-state index contributed by atoms with van der Waals surface area (Å²) in [6, 6.07) is 6.60. The lowest BCUT2D eigenvalue weighted by Crippen LogP contribution is -2.03. The molecule has 0 spiro atoms. The first-order valence-corrected chi connectivity index (χ1v) is 6.69. The van der Waals surface area contributed by atoms with Gasteiger partial charge in [-0.15, -0.1) is 0 Å². The van der Waals surface area contributed by atoms with E-state index in [9.17, 15) is 0 Å². The van der Waals surface area contributed by atoms with Crippen molar-refractivity contribution in [3.63, 3.8) is 0 Å². The molecule has 0 radical (unpaired) electrons. The molecule has 0 atom stereocenters. The van der Waals surface area contributed by atoms with Crippen LogP contribution in [0.4, 0.5) is 5.69 Å². The van der Waals surface area contributed by atoms with Crippen LogP contribution in [0.15, 0.2) is 18.2 Å². The maximum atomic E-state index is 4.68. The molecule has 0 saturated carbocycles. The highest BCUT2D eigenvalue weighted by atomic mass is 14.9. The van der Waals surface area contributed by atoms with E-state index in [1.54, 1.807) is 0 Å². The summed E-state index contributed by atoms with van der Waals surface area (Å²) >= 11 is 0. The Hall–Kier alpha value is -1.57. The number of fused-ring (bicyclic) bond motifs is 1. The zero-order chi connectivity index (χ0) is 13.3. The van der Waals surface area contributed by atoms with Gasteiger partial charge in [0, 0.05) is 23.3 Å². The molecule has 18 heavy (non-hydrogen) atoms. The molecule has 1 aromatic carbocycles. The average molecular weight is 242 g/mol. The molecule has 2 nitrogen and oxygen atoms in total. The molecule has 2 rings (SSSR count). The van der Waals surface area contributed by atoms with Crippen LogP contribution in [0, 0.1) is 13.8 Å². The lowest BCUT2D eigenvalue weighted by Gasteiger charge is -2.15. The Labute approximate surface area is 109 Å². The Morgan fingerprint density at radius 2 is 1.94 bits per heavy atom. The molecular weight excluding hydrogens is 220 g/mol. The Bertz CT molecular complexity index is 571. The largest absolute Gasteiger partial charge is 0.385 e. The molecule has 0 fully saturated rings. The summed E-state index contributed by atoms with van der Waals surface area (Å²) in [7, 11) is 0. The van der Waals surface area contributed by atoms with Gasteiger partial charge in [-0.05, 0) is 49.9 Å². The number of rotatable bonds is 3. The van der Waals surface area contributed by atoms with Crippen molar-refractivity contribution in [2.45, 2.75) is 40.5 Å². The van der Waals surface area contributed by atoms with Crippen molar-refractivity contribution in [2.75, 3.05) is 11.9 Å². The molecule has 0 unspecified atom stereocenters. The summed E-state index contributed by atoms with van der Waals surface area (Å²) in [6.45, 7) is 11.7. The van der Waals surface area contributed by atoms with Gasteiger partial charge in [0.05, 0.1) is 5.52 Å². The topological polar surface area (TPSA) is 24.9 Å². The first-order chi connectivity index (χ1) is 8.54. The number of nitrogens with zero attached hydrogens (tertiary/aromatic N) is 1. The molecule has 0 saturated heterocycles. The van der Waals surface area contributed by atoms with Crippen molar-refractivity contribution in [1.29, 1.82) is 0 Å². The normalized spacial score (nSPS) is 11.2. The zero-order valence-electron chi connectivity index (χ0n) is 12.0. The molecule has 2 heteroatoms. The van der Waals surface area contributed by atoms with E-state index >= 15 is 0 Å². The lowest BCUT2D eigenvalue weighted by molar-refractivity contribution is 0.868. The molecular formula is C16H22N2. The number of anilines is 1. The molecule has 96 valence electrons. The number of pyridine rings is 1. The minimum absolute atomic E-state index is 0.547. The third-order valence-electron chi connectivity index (χ3n) is 3.52.